The average molecular weight is 181 g/mol. The first-order chi connectivity index (χ1) is 6.26. The van der Waals surface area contributed by atoms with Crippen LogP contribution < -0.4 is 5.73 Å². The average Bonchev–Trinajstić information content (AvgIpc) is 2.14. The van der Waals surface area contributed by atoms with Gasteiger partial charge in [-0.25, -0.2) is 9.97 Å². The molecule has 0 spiro atoms. The van der Waals surface area contributed by atoms with Gasteiger partial charge in [0.25, 0.3) is 0 Å². The first kappa shape index (κ1) is 9.92. The summed E-state index contributed by atoms with van der Waals surface area (Å²) >= 11 is 0. The van der Waals surface area contributed by atoms with E-state index in [2.05, 4.69) is 9.97 Å². The van der Waals surface area contributed by atoms with Gasteiger partial charge in [-0.3, -0.25) is 0 Å². The van der Waals surface area contributed by atoms with Crippen molar-refractivity contribution in [2.45, 2.75) is 19.8 Å². The molecule has 0 saturated carbocycles. The molecule has 0 amide bonds. The summed E-state index contributed by atoms with van der Waals surface area (Å²) < 4.78 is 4.94. The highest BCUT2D eigenvalue weighted by Gasteiger charge is 2.00. The number of hydrogen-bond donors (Lipinski definition) is 1. The van der Waals surface area contributed by atoms with E-state index >= 15 is 0 Å². The van der Waals surface area contributed by atoms with E-state index in [0.717, 1.165) is 17.9 Å². The van der Waals surface area contributed by atoms with E-state index in [-0.39, 0.29) is 0 Å². The lowest BCUT2D eigenvalue weighted by Crippen LogP contribution is -2.05. The van der Waals surface area contributed by atoms with Crippen LogP contribution in [0.4, 0.5) is 5.82 Å². The Hall–Kier alpha value is -1.16. The number of nitrogens with zero attached hydrogens (tertiary/aromatic N) is 2. The van der Waals surface area contributed by atoms with Crippen LogP contribution in [0.15, 0.2) is 6.07 Å². The van der Waals surface area contributed by atoms with Gasteiger partial charge in [-0.05, 0) is 6.42 Å². The first-order valence-corrected chi connectivity index (χ1v) is 4.37. The molecule has 4 nitrogen and oxygen atoms in total. The molecule has 0 atom stereocenters. The maximum absolute atomic E-state index is 5.61. The molecule has 0 unspecified atom stereocenters. The lowest BCUT2D eigenvalue weighted by atomic mass is 10.3. The van der Waals surface area contributed by atoms with Crippen LogP contribution in [-0.4, -0.2) is 23.7 Å². The summed E-state index contributed by atoms with van der Waals surface area (Å²) in [6, 6.07) is 1.80. The first-order valence-electron chi connectivity index (χ1n) is 4.37. The van der Waals surface area contributed by atoms with Crippen LogP contribution in [0.1, 0.15) is 18.4 Å². The number of aromatic nitrogens is 2. The molecule has 13 heavy (non-hydrogen) atoms. The fourth-order valence-corrected chi connectivity index (χ4v) is 1.06. The van der Waals surface area contributed by atoms with Crippen LogP contribution in [0.25, 0.3) is 0 Å². The summed E-state index contributed by atoms with van der Waals surface area (Å²) in [7, 11) is 1.66. The number of hydrogen-bond acceptors (Lipinski definition) is 4. The molecule has 1 rings (SSSR count). The minimum absolute atomic E-state index is 0.540. The number of nitrogen functional groups attached to an aromatic ring is 1. The Morgan fingerprint density at radius 1 is 1.46 bits per heavy atom. The topological polar surface area (TPSA) is 61.0 Å². The highest BCUT2D eigenvalue weighted by atomic mass is 16.5. The third-order valence-electron chi connectivity index (χ3n) is 1.74. The van der Waals surface area contributed by atoms with Crippen LogP contribution in [0, 0.1) is 0 Å². The maximum Gasteiger partial charge on any atom is 0.133 e. The molecule has 0 aliphatic rings. The minimum atomic E-state index is 0.540. The SMILES string of the molecule is CCc1cc(N)nc(CCOC)n1. The molecular formula is C9H15N3O. The zero-order valence-electron chi connectivity index (χ0n) is 8.08. The summed E-state index contributed by atoms with van der Waals surface area (Å²) in [4.78, 5) is 8.42. The Morgan fingerprint density at radius 3 is 2.85 bits per heavy atom. The summed E-state index contributed by atoms with van der Waals surface area (Å²) in [5.74, 6) is 1.30. The van der Waals surface area contributed by atoms with Gasteiger partial charge >= 0.3 is 0 Å². The van der Waals surface area contributed by atoms with Gasteiger partial charge in [-0.15, -0.1) is 0 Å². The molecule has 1 aromatic rings. The van der Waals surface area contributed by atoms with Crippen molar-refractivity contribution in [2.24, 2.45) is 0 Å². The number of methoxy groups -OCH3 is 1. The van der Waals surface area contributed by atoms with Crippen LogP contribution >= 0.6 is 0 Å². The molecule has 0 aromatic carbocycles. The largest absolute Gasteiger partial charge is 0.384 e. The van der Waals surface area contributed by atoms with Crippen LogP contribution in [0.2, 0.25) is 0 Å². The fraction of sp³-hybridized carbons (Fsp3) is 0.556. The van der Waals surface area contributed by atoms with Crippen molar-refractivity contribution in [3.8, 4) is 0 Å². The lowest BCUT2D eigenvalue weighted by molar-refractivity contribution is 0.200. The van der Waals surface area contributed by atoms with E-state index in [0.29, 0.717) is 18.8 Å². The molecule has 0 saturated heterocycles. The second-order valence-electron chi connectivity index (χ2n) is 2.80. The van der Waals surface area contributed by atoms with Crippen molar-refractivity contribution >= 4 is 5.82 Å². The van der Waals surface area contributed by atoms with Crippen molar-refractivity contribution in [1.29, 1.82) is 0 Å². The Morgan fingerprint density at radius 2 is 2.23 bits per heavy atom. The molecular weight excluding hydrogens is 166 g/mol. The van der Waals surface area contributed by atoms with Crippen molar-refractivity contribution < 1.29 is 4.74 Å². The van der Waals surface area contributed by atoms with Crippen LogP contribution in [0.3, 0.4) is 0 Å². The minimum Gasteiger partial charge on any atom is -0.384 e. The Labute approximate surface area is 78.1 Å². The van der Waals surface area contributed by atoms with Gasteiger partial charge < -0.3 is 10.5 Å². The van der Waals surface area contributed by atoms with Gasteiger partial charge in [0, 0.05) is 25.3 Å². The quantitative estimate of drug-likeness (QED) is 0.746. The van der Waals surface area contributed by atoms with Gasteiger partial charge in [-0.1, -0.05) is 6.92 Å². The van der Waals surface area contributed by atoms with Gasteiger partial charge in [0.15, 0.2) is 0 Å². The lowest BCUT2D eigenvalue weighted by Gasteiger charge is -2.03. The van der Waals surface area contributed by atoms with Crippen LogP contribution in [0.5, 0.6) is 0 Å². The molecule has 72 valence electrons. The van der Waals surface area contributed by atoms with E-state index in [9.17, 15) is 0 Å². The zero-order valence-corrected chi connectivity index (χ0v) is 8.08. The van der Waals surface area contributed by atoms with Crippen molar-refractivity contribution in [3.63, 3.8) is 0 Å². The summed E-state index contributed by atoms with van der Waals surface area (Å²) in [5.41, 5.74) is 6.60. The maximum atomic E-state index is 5.61. The number of anilines is 1. The van der Waals surface area contributed by atoms with E-state index in [1.54, 1.807) is 13.2 Å². The van der Waals surface area contributed by atoms with Crippen molar-refractivity contribution in [3.05, 3.63) is 17.6 Å². The summed E-state index contributed by atoms with van der Waals surface area (Å²) in [6.45, 7) is 2.68. The van der Waals surface area contributed by atoms with Gasteiger partial charge in [0.2, 0.25) is 0 Å². The third kappa shape index (κ3) is 2.99. The molecule has 0 fully saturated rings. The molecule has 0 bridgehead atoms. The Balaban J connectivity index is 2.76. The summed E-state index contributed by atoms with van der Waals surface area (Å²) in [6.07, 6.45) is 1.60. The molecule has 2 N–H and O–H groups in total. The number of nitrogens with two attached hydrogens (primary N) is 1. The normalized spacial score (nSPS) is 10.3. The Bertz CT molecular complexity index is 276. The zero-order chi connectivity index (χ0) is 9.68. The fourth-order valence-electron chi connectivity index (χ4n) is 1.06. The summed E-state index contributed by atoms with van der Waals surface area (Å²) in [5, 5.41) is 0. The molecule has 4 heteroatoms. The standard InChI is InChI=1S/C9H15N3O/c1-3-7-6-8(10)12-9(11-7)4-5-13-2/h6H,3-5H2,1-2H3,(H2,10,11,12). The molecule has 0 aliphatic heterocycles. The highest BCUT2D eigenvalue weighted by Crippen LogP contribution is 2.04. The third-order valence-corrected chi connectivity index (χ3v) is 1.74. The number of aryl methyl sites for hydroxylation is 1. The smallest absolute Gasteiger partial charge is 0.133 e. The molecule has 1 aromatic heterocycles. The highest BCUT2D eigenvalue weighted by molar-refractivity contribution is 5.29. The molecule has 1 heterocycles. The van der Waals surface area contributed by atoms with E-state index < -0.39 is 0 Å². The monoisotopic (exact) mass is 181 g/mol. The van der Waals surface area contributed by atoms with Crippen molar-refractivity contribution in [2.75, 3.05) is 19.5 Å². The van der Waals surface area contributed by atoms with Crippen molar-refractivity contribution in [1.82, 2.24) is 9.97 Å². The van der Waals surface area contributed by atoms with Crippen LogP contribution in [-0.2, 0) is 17.6 Å². The van der Waals surface area contributed by atoms with E-state index in [1.807, 2.05) is 6.92 Å². The van der Waals surface area contributed by atoms with Gasteiger partial charge in [-0.2, -0.15) is 0 Å². The van der Waals surface area contributed by atoms with E-state index in [1.165, 1.54) is 0 Å². The predicted octanol–water partition coefficient (Wildman–Crippen LogP) is 0.810. The Kier molecular flexibility index (Phi) is 3.64. The van der Waals surface area contributed by atoms with Gasteiger partial charge in [0.1, 0.15) is 11.6 Å². The second-order valence-corrected chi connectivity index (χ2v) is 2.80. The molecule has 0 radical (unpaired) electrons. The number of ether oxygens (including phenoxy) is 1. The van der Waals surface area contributed by atoms with E-state index in [4.69, 9.17) is 10.5 Å². The predicted molar refractivity (Wildman–Crippen MR) is 51.4 cm³/mol. The number of rotatable bonds is 4. The second kappa shape index (κ2) is 4.77. The van der Waals surface area contributed by atoms with Gasteiger partial charge in [0.05, 0.1) is 6.61 Å². The molecule has 0 aliphatic carbocycles.